The molecule has 0 fully saturated rings. The van der Waals surface area contributed by atoms with Crippen molar-refractivity contribution in [2.75, 3.05) is 19.8 Å². The fourth-order valence-corrected chi connectivity index (χ4v) is 2.73. The number of para-hydroxylation sites is 1. The summed E-state index contributed by atoms with van der Waals surface area (Å²) in [5, 5.41) is 11.5. The van der Waals surface area contributed by atoms with Gasteiger partial charge in [-0.1, -0.05) is 30.3 Å². The number of carboxylic acid groups (broad SMARTS) is 1. The first-order chi connectivity index (χ1) is 12.1. The summed E-state index contributed by atoms with van der Waals surface area (Å²) in [7, 11) is 0. The Morgan fingerprint density at radius 2 is 1.92 bits per heavy atom. The van der Waals surface area contributed by atoms with Gasteiger partial charge in [-0.25, -0.2) is 4.79 Å². The summed E-state index contributed by atoms with van der Waals surface area (Å²) in [4.78, 5) is 22.8. The molecule has 0 unspecified atom stereocenters. The maximum atomic E-state index is 12.3. The topological polar surface area (TPSA) is 84.9 Å². The van der Waals surface area contributed by atoms with E-state index in [0.717, 1.165) is 16.9 Å². The number of rotatable bonds is 7. The average Bonchev–Trinajstić information content (AvgIpc) is 3.05. The molecular formula is C19H19NO5. The molecule has 1 aliphatic heterocycles. The van der Waals surface area contributed by atoms with E-state index < -0.39 is 5.97 Å². The van der Waals surface area contributed by atoms with Gasteiger partial charge in [0.2, 0.25) is 5.91 Å². The zero-order valence-electron chi connectivity index (χ0n) is 13.6. The third kappa shape index (κ3) is 4.29. The van der Waals surface area contributed by atoms with E-state index in [1.165, 1.54) is 0 Å². The van der Waals surface area contributed by atoms with E-state index >= 15 is 0 Å². The standard InChI is InChI=1S/C19H19NO5/c21-18(22)12-24-14-7-5-13(6-8-14)9-10-20-19(23)16-11-25-17-4-2-1-3-15(16)17/h1-8,16H,9-12H2,(H,20,23)(H,21,22)/t16-/m0/s1. The third-order valence-corrected chi connectivity index (χ3v) is 4.01. The Hall–Kier alpha value is -3.02. The molecule has 130 valence electrons. The second-order valence-electron chi connectivity index (χ2n) is 5.77. The minimum atomic E-state index is -1.01. The van der Waals surface area contributed by atoms with Gasteiger partial charge in [-0.3, -0.25) is 4.79 Å². The molecule has 3 rings (SSSR count). The van der Waals surface area contributed by atoms with Crippen molar-refractivity contribution in [1.29, 1.82) is 0 Å². The van der Waals surface area contributed by atoms with Crippen LogP contribution in [0.25, 0.3) is 0 Å². The summed E-state index contributed by atoms with van der Waals surface area (Å²) >= 11 is 0. The van der Waals surface area contributed by atoms with Crippen LogP contribution >= 0.6 is 0 Å². The van der Waals surface area contributed by atoms with Crippen LogP contribution in [-0.4, -0.2) is 36.7 Å². The van der Waals surface area contributed by atoms with Gasteiger partial charge < -0.3 is 19.9 Å². The quantitative estimate of drug-likeness (QED) is 0.804. The number of hydrogen-bond donors (Lipinski definition) is 2. The summed E-state index contributed by atoms with van der Waals surface area (Å²) < 4.78 is 10.6. The molecule has 6 heteroatoms. The van der Waals surface area contributed by atoms with Crippen LogP contribution < -0.4 is 14.8 Å². The highest BCUT2D eigenvalue weighted by atomic mass is 16.5. The van der Waals surface area contributed by atoms with E-state index in [0.29, 0.717) is 25.3 Å². The Balaban J connectivity index is 1.47. The number of carbonyl (C=O) groups is 2. The van der Waals surface area contributed by atoms with Crippen molar-refractivity contribution < 1.29 is 24.2 Å². The van der Waals surface area contributed by atoms with E-state index in [1.807, 2.05) is 36.4 Å². The Morgan fingerprint density at radius 3 is 2.68 bits per heavy atom. The number of fused-ring (bicyclic) bond motifs is 1. The molecule has 0 radical (unpaired) electrons. The largest absolute Gasteiger partial charge is 0.492 e. The predicted molar refractivity (Wildman–Crippen MR) is 91.0 cm³/mol. The number of aliphatic carboxylic acids is 1. The SMILES string of the molecule is O=C(O)COc1ccc(CCNC(=O)[C@H]2COc3ccccc32)cc1. The zero-order valence-corrected chi connectivity index (χ0v) is 13.6. The second-order valence-corrected chi connectivity index (χ2v) is 5.77. The normalized spacial score (nSPS) is 15.1. The van der Waals surface area contributed by atoms with Gasteiger partial charge in [-0.2, -0.15) is 0 Å². The van der Waals surface area contributed by atoms with Crippen LogP contribution in [-0.2, 0) is 16.0 Å². The minimum Gasteiger partial charge on any atom is -0.492 e. The number of carbonyl (C=O) groups excluding carboxylic acids is 1. The number of hydrogen-bond acceptors (Lipinski definition) is 4. The maximum absolute atomic E-state index is 12.3. The summed E-state index contributed by atoms with van der Waals surface area (Å²) in [6, 6.07) is 14.8. The van der Waals surface area contributed by atoms with Crippen molar-refractivity contribution in [2.45, 2.75) is 12.3 Å². The third-order valence-electron chi connectivity index (χ3n) is 4.01. The summed E-state index contributed by atoms with van der Waals surface area (Å²) in [5.74, 6) is -0.0203. The van der Waals surface area contributed by atoms with Crippen LogP contribution in [0, 0.1) is 0 Å². The average molecular weight is 341 g/mol. The fraction of sp³-hybridized carbons (Fsp3) is 0.263. The summed E-state index contributed by atoms with van der Waals surface area (Å²) in [6.45, 7) is 0.536. The van der Waals surface area contributed by atoms with E-state index in [9.17, 15) is 9.59 Å². The molecular weight excluding hydrogens is 322 g/mol. The molecule has 2 aromatic carbocycles. The Kier molecular flexibility index (Phi) is 5.18. The number of amides is 1. The summed E-state index contributed by atoms with van der Waals surface area (Å²) in [6.07, 6.45) is 0.681. The molecule has 6 nitrogen and oxygen atoms in total. The van der Waals surface area contributed by atoms with E-state index in [2.05, 4.69) is 5.32 Å². The van der Waals surface area contributed by atoms with Gasteiger partial charge in [0.15, 0.2) is 6.61 Å². The highest BCUT2D eigenvalue weighted by Crippen LogP contribution is 2.33. The van der Waals surface area contributed by atoms with Gasteiger partial charge in [0.1, 0.15) is 24.0 Å². The minimum absolute atomic E-state index is 0.0358. The van der Waals surface area contributed by atoms with Crippen LogP contribution in [0.1, 0.15) is 17.0 Å². The molecule has 0 spiro atoms. The van der Waals surface area contributed by atoms with Crippen LogP contribution in [0.3, 0.4) is 0 Å². The molecule has 0 aliphatic carbocycles. The highest BCUT2D eigenvalue weighted by Gasteiger charge is 2.29. The molecule has 1 heterocycles. The monoisotopic (exact) mass is 341 g/mol. The Labute approximate surface area is 145 Å². The van der Waals surface area contributed by atoms with Crippen molar-refractivity contribution in [3.63, 3.8) is 0 Å². The smallest absolute Gasteiger partial charge is 0.341 e. The van der Waals surface area contributed by atoms with Gasteiger partial charge in [0, 0.05) is 12.1 Å². The molecule has 25 heavy (non-hydrogen) atoms. The van der Waals surface area contributed by atoms with Crippen molar-refractivity contribution >= 4 is 11.9 Å². The number of carboxylic acids is 1. The number of ether oxygens (including phenoxy) is 2. The van der Waals surface area contributed by atoms with Gasteiger partial charge in [-0.15, -0.1) is 0 Å². The first-order valence-electron chi connectivity index (χ1n) is 8.06. The van der Waals surface area contributed by atoms with Crippen molar-refractivity contribution in [3.8, 4) is 11.5 Å². The first-order valence-corrected chi connectivity index (χ1v) is 8.06. The van der Waals surface area contributed by atoms with Crippen LogP contribution in [0.2, 0.25) is 0 Å². The van der Waals surface area contributed by atoms with Gasteiger partial charge in [0.05, 0.1) is 0 Å². The van der Waals surface area contributed by atoms with E-state index in [4.69, 9.17) is 14.6 Å². The zero-order chi connectivity index (χ0) is 17.6. The lowest BCUT2D eigenvalue weighted by Gasteiger charge is -2.10. The van der Waals surface area contributed by atoms with Crippen LogP contribution in [0.5, 0.6) is 11.5 Å². The van der Waals surface area contributed by atoms with Crippen molar-refractivity contribution in [2.24, 2.45) is 0 Å². The van der Waals surface area contributed by atoms with Crippen LogP contribution in [0.15, 0.2) is 48.5 Å². The molecule has 0 bridgehead atoms. The van der Waals surface area contributed by atoms with Gasteiger partial charge in [-0.05, 0) is 30.2 Å². The predicted octanol–water partition coefficient (Wildman–Crippen LogP) is 1.98. The van der Waals surface area contributed by atoms with E-state index in [-0.39, 0.29) is 18.4 Å². The lowest BCUT2D eigenvalue weighted by Crippen LogP contribution is -2.31. The fourth-order valence-electron chi connectivity index (χ4n) is 2.73. The highest BCUT2D eigenvalue weighted by molar-refractivity contribution is 5.85. The van der Waals surface area contributed by atoms with Crippen LogP contribution in [0.4, 0.5) is 0 Å². The van der Waals surface area contributed by atoms with Gasteiger partial charge >= 0.3 is 5.97 Å². The Morgan fingerprint density at radius 1 is 1.16 bits per heavy atom. The lowest BCUT2D eigenvalue weighted by molar-refractivity contribution is -0.139. The number of nitrogens with one attached hydrogen (secondary N) is 1. The first kappa shape index (κ1) is 16.8. The van der Waals surface area contributed by atoms with Crippen molar-refractivity contribution in [1.82, 2.24) is 5.32 Å². The molecule has 2 aromatic rings. The summed E-state index contributed by atoms with van der Waals surface area (Å²) in [5.41, 5.74) is 1.96. The number of benzene rings is 2. The lowest BCUT2D eigenvalue weighted by atomic mass is 10.0. The molecule has 1 amide bonds. The van der Waals surface area contributed by atoms with Crippen molar-refractivity contribution in [3.05, 3.63) is 59.7 Å². The molecule has 2 N–H and O–H groups in total. The van der Waals surface area contributed by atoms with E-state index in [1.54, 1.807) is 12.1 Å². The molecule has 0 saturated carbocycles. The molecule has 1 aliphatic rings. The Bertz CT molecular complexity index is 757. The maximum Gasteiger partial charge on any atom is 0.341 e. The second kappa shape index (κ2) is 7.70. The molecule has 0 aromatic heterocycles. The molecule has 1 atom stereocenters. The van der Waals surface area contributed by atoms with Gasteiger partial charge in [0.25, 0.3) is 0 Å². The molecule has 0 saturated heterocycles.